The monoisotopic (exact) mass is 375 g/mol. The van der Waals surface area contributed by atoms with E-state index < -0.39 is 11.8 Å². The van der Waals surface area contributed by atoms with Gasteiger partial charge in [0, 0.05) is 25.7 Å². The summed E-state index contributed by atoms with van der Waals surface area (Å²) in [6.45, 7) is 2.23. The molecule has 2 amide bonds. The van der Waals surface area contributed by atoms with E-state index in [2.05, 4.69) is 15.5 Å². The Labute approximate surface area is 157 Å². The summed E-state index contributed by atoms with van der Waals surface area (Å²) in [7, 11) is 1.44. The molecule has 0 saturated carbocycles. The summed E-state index contributed by atoms with van der Waals surface area (Å²) in [4.78, 5) is 14.3. The van der Waals surface area contributed by atoms with E-state index in [1.165, 1.54) is 25.3 Å². The van der Waals surface area contributed by atoms with Crippen molar-refractivity contribution in [3.8, 4) is 5.75 Å². The van der Waals surface area contributed by atoms with Gasteiger partial charge in [-0.15, -0.1) is 0 Å². The minimum Gasteiger partial charge on any atom is -0.494 e. The van der Waals surface area contributed by atoms with Gasteiger partial charge in [-0.3, -0.25) is 4.90 Å². The zero-order chi connectivity index (χ0) is 19.2. The van der Waals surface area contributed by atoms with Crippen LogP contribution in [0.5, 0.6) is 5.75 Å². The molecule has 1 aliphatic heterocycles. The molecule has 0 bridgehead atoms. The van der Waals surface area contributed by atoms with Crippen LogP contribution < -0.4 is 15.4 Å². The molecule has 27 heavy (non-hydrogen) atoms. The lowest BCUT2D eigenvalue weighted by atomic mass is 10.0. The molecule has 2 N–H and O–H groups in total. The minimum atomic E-state index is -0.464. The highest BCUT2D eigenvalue weighted by Crippen LogP contribution is 2.20. The van der Waals surface area contributed by atoms with Crippen LogP contribution in [0.15, 0.2) is 42.5 Å². The predicted molar refractivity (Wildman–Crippen MR) is 99.8 cm³/mol. The van der Waals surface area contributed by atoms with Crippen molar-refractivity contribution < 1.29 is 18.3 Å². The van der Waals surface area contributed by atoms with Gasteiger partial charge in [-0.2, -0.15) is 0 Å². The van der Waals surface area contributed by atoms with Crippen molar-refractivity contribution in [2.24, 2.45) is 0 Å². The van der Waals surface area contributed by atoms with E-state index in [0.29, 0.717) is 6.54 Å². The number of rotatable bonds is 5. The molecule has 7 heteroatoms. The number of carbonyl (C=O) groups is 1. The van der Waals surface area contributed by atoms with Crippen molar-refractivity contribution in [1.82, 2.24) is 10.2 Å². The standard InChI is InChI=1S/C20H23F2N3O2/c1-27-19-7-6-14(12-17(19)22)13-25-10-8-15(9-11-25)23-20(26)24-18-5-3-2-4-16(18)21/h2-7,12,15H,8-11,13H2,1H3,(H2,23,24,26). The smallest absolute Gasteiger partial charge is 0.319 e. The number of methoxy groups -OCH3 is 1. The van der Waals surface area contributed by atoms with E-state index in [9.17, 15) is 13.6 Å². The number of nitrogens with one attached hydrogen (secondary N) is 2. The first-order valence-electron chi connectivity index (χ1n) is 8.92. The van der Waals surface area contributed by atoms with E-state index in [0.717, 1.165) is 31.5 Å². The van der Waals surface area contributed by atoms with Crippen LogP contribution in [-0.4, -0.2) is 37.2 Å². The SMILES string of the molecule is COc1ccc(CN2CCC(NC(=O)Nc3ccccc3F)CC2)cc1F. The van der Waals surface area contributed by atoms with E-state index in [1.807, 2.05) is 6.07 Å². The lowest BCUT2D eigenvalue weighted by Crippen LogP contribution is -2.45. The number of piperidine rings is 1. The number of carbonyl (C=O) groups excluding carboxylic acids is 1. The first kappa shape index (κ1) is 19.1. The second-order valence-electron chi connectivity index (χ2n) is 6.60. The summed E-state index contributed by atoms with van der Waals surface area (Å²) in [5.41, 5.74) is 1.05. The van der Waals surface area contributed by atoms with Crippen molar-refractivity contribution in [3.05, 3.63) is 59.7 Å². The molecule has 0 unspecified atom stereocenters. The van der Waals surface area contributed by atoms with Crippen molar-refractivity contribution >= 4 is 11.7 Å². The molecule has 2 aromatic carbocycles. The number of hydrogen-bond acceptors (Lipinski definition) is 3. The number of benzene rings is 2. The highest BCUT2D eigenvalue weighted by Gasteiger charge is 2.21. The van der Waals surface area contributed by atoms with Crippen molar-refractivity contribution in [1.29, 1.82) is 0 Å². The Morgan fingerprint density at radius 2 is 1.89 bits per heavy atom. The van der Waals surface area contributed by atoms with Crippen LogP contribution in [0.1, 0.15) is 18.4 Å². The van der Waals surface area contributed by atoms with Crippen LogP contribution in [-0.2, 0) is 6.54 Å². The minimum absolute atomic E-state index is 0.0284. The highest BCUT2D eigenvalue weighted by molar-refractivity contribution is 5.89. The number of amides is 2. The van der Waals surface area contributed by atoms with Crippen LogP contribution in [0.25, 0.3) is 0 Å². The third kappa shape index (κ3) is 5.17. The Bertz CT molecular complexity index is 793. The van der Waals surface area contributed by atoms with Crippen LogP contribution in [0.4, 0.5) is 19.3 Å². The zero-order valence-electron chi connectivity index (χ0n) is 15.2. The zero-order valence-corrected chi connectivity index (χ0v) is 15.2. The molecule has 0 spiro atoms. The third-order valence-corrected chi connectivity index (χ3v) is 4.67. The summed E-state index contributed by atoms with van der Waals surface area (Å²) < 4.78 is 32.3. The lowest BCUT2D eigenvalue weighted by molar-refractivity contribution is 0.189. The number of anilines is 1. The van der Waals surface area contributed by atoms with E-state index in [-0.39, 0.29) is 23.3 Å². The number of halogens is 2. The van der Waals surface area contributed by atoms with Gasteiger partial charge in [0.05, 0.1) is 12.8 Å². The summed E-state index contributed by atoms with van der Waals surface area (Å²) in [5.74, 6) is -0.590. The van der Waals surface area contributed by atoms with Crippen LogP contribution in [0.3, 0.4) is 0 Å². The van der Waals surface area contributed by atoms with Crippen LogP contribution in [0, 0.1) is 11.6 Å². The number of likely N-dealkylation sites (tertiary alicyclic amines) is 1. The molecular formula is C20H23F2N3O2. The van der Waals surface area contributed by atoms with Gasteiger partial charge in [0.1, 0.15) is 5.82 Å². The number of para-hydroxylation sites is 1. The highest BCUT2D eigenvalue weighted by atomic mass is 19.1. The Morgan fingerprint density at radius 3 is 2.56 bits per heavy atom. The van der Waals surface area contributed by atoms with E-state index >= 15 is 0 Å². The van der Waals surface area contributed by atoms with Gasteiger partial charge in [0.2, 0.25) is 0 Å². The second-order valence-corrected chi connectivity index (χ2v) is 6.60. The molecule has 144 valence electrons. The predicted octanol–water partition coefficient (Wildman–Crippen LogP) is 3.76. The van der Waals surface area contributed by atoms with E-state index in [1.54, 1.807) is 18.2 Å². The topological polar surface area (TPSA) is 53.6 Å². The van der Waals surface area contributed by atoms with Gasteiger partial charge in [0.15, 0.2) is 11.6 Å². The molecule has 0 aliphatic carbocycles. The van der Waals surface area contributed by atoms with E-state index in [4.69, 9.17) is 4.74 Å². The fourth-order valence-corrected chi connectivity index (χ4v) is 3.21. The average molecular weight is 375 g/mol. The summed E-state index contributed by atoms with van der Waals surface area (Å²) >= 11 is 0. The van der Waals surface area contributed by atoms with Crippen molar-refractivity contribution in [2.75, 3.05) is 25.5 Å². The third-order valence-electron chi connectivity index (χ3n) is 4.67. The molecule has 5 nitrogen and oxygen atoms in total. The van der Waals surface area contributed by atoms with Gasteiger partial charge >= 0.3 is 6.03 Å². The lowest BCUT2D eigenvalue weighted by Gasteiger charge is -2.32. The van der Waals surface area contributed by atoms with Gasteiger partial charge in [-0.1, -0.05) is 18.2 Å². The molecule has 1 fully saturated rings. The van der Waals surface area contributed by atoms with Gasteiger partial charge < -0.3 is 15.4 Å². The Kier molecular flexibility index (Phi) is 6.24. The number of hydrogen-bond donors (Lipinski definition) is 2. The van der Waals surface area contributed by atoms with Crippen LogP contribution >= 0.6 is 0 Å². The molecule has 1 saturated heterocycles. The number of ether oxygens (including phenoxy) is 1. The first-order chi connectivity index (χ1) is 13.0. The van der Waals surface area contributed by atoms with Gasteiger partial charge in [-0.25, -0.2) is 13.6 Å². The fourth-order valence-electron chi connectivity index (χ4n) is 3.21. The van der Waals surface area contributed by atoms with Crippen molar-refractivity contribution in [2.45, 2.75) is 25.4 Å². The Balaban J connectivity index is 1.45. The normalized spacial score (nSPS) is 15.4. The second kappa shape index (κ2) is 8.81. The number of nitrogens with zero attached hydrogens (tertiary/aromatic N) is 1. The average Bonchev–Trinajstić information content (AvgIpc) is 2.65. The number of urea groups is 1. The largest absolute Gasteiger partial charge is 0.494 e. The molecule has 0 aromatic heterocycles. The summed E-state index contributed by atoms with van der Waals surface area (Å²) in [6.07, 6.45) is 1.56. The Morgan fingerprint density at radius 1 is 1.15 bits per heavy atom. The maximum atomic E-state index is 13.8. The maximum absolute atomic E-state index is 13.8. The maximum Gasteiger partial charge on any atom is 0.319 e. The van der Waals surface area contributed by atoms with Crippen LogP contribution in [0.2, 0.25) is 0 Å². The Hall–Kier alpha value is -2.67. The molecule has 0 radical (unpaired) electrons. The van der Waals surface area contributed by atoms with Crippen molar-refractivity contribution in [3.63, 3.8) is 0 Å². The molecular weight excluding hydrogens is 352 g/mol. The molecule has 3 rings (SSSR count). The molecule has 0 atom stereocenters. The summed E-state index contributed by atoms with van der Waals surface area (Å²) in [6, 6.07) is 10.7. The molecule has 1 aliphatic rings. The van der Waals surface area contributed by atoms with Gasteiger partial charge in [0.25, 0.3) is 0 Å². The quantitative estimate of drug-likeness (QED) is 0.837. The molecule has 2 aromatic rings. The summed E-state index contributed by atoms with van der Waals surface area (Å²) in [5, 5.41) is 5.42. The fraction of sp³-hybridized carbons (Fsp3) is 0.350. The molecule has 1 heterocycles. The first-order valence-corrected chi connectivity index (χ1v) is 8.92. The van der Waals surface area contributed by atoms with Gasteiger partial charge in [-0.05, 0) is 42.7 Å².